The average Bonchev–Trinajstić information content (AvgIpc) is 2.92. The Labute approximate surface area is 123 Å². The third-order valence-electron chi connectivity index (χ3n) is 2.90. The molecule has 0 aliphatic carbocycles. The van der Waals surface area contributed by atoms with Crippen molar-refractivity contribution < 1.29 is 4.79 Å². The van der Waals surface area contributed by atoms with Crippen molar-refractivity contribution in [3.63, 3.8) is 0 Å². The van der Waals surface area contributed by atoms with Crippen LogP contribution in [0.1, 0.15) is 32.1 Å². The Balaban J connectivity index is 1.90. The lowest BCUT2D eigenvalue weighted by atomic mass is 10.1. The predicted molar refractivity (Wildman–Crippen MR) is 85.5 cm³/mol. The fourth-order valence-electron chi connectivity index (χ4n) is 1.78. The zero-order valence-corrected chi connectivity index (χ0v) is 13.1. The number of guanidine groups is 1. The van der Waals surface area contributed by atoms with Gasteiger partial charge in [0.05, 0.1) is 0 Å². The van der Waals surface area contributed by atoms with E-state index in [1.165, 1.54) is 18.6 Å². The van der Waals surface area contributed by atoms with E-state index in [-0.39, 0.29) is 5.91 Å². The van der Waals surface area contributed by atoms with E-state index in [4.69, 9.17) is 5.73 Å². The first-order valence-electron chi connectivity index (χ1n) is 6.73. The van der Waals surface area contributed by atoms with Crippen molar-refractivity contribution in [2.45, 2.75) is 37.4 Å². The van der Waals surface area contributed by atoms with Crippen LogP contribution < -0.4 is 16.4 Å². The van der Waals surface area contributed by atoms with Crippen molar-refractivity contribution in [1.82, 2.24) is 10.6 Å². The molecule has 1 heterocycles. The molecule has 0 aromatic heterocycles. The van der Waals surface area contributed by atoms with Crippen molar-refractivity contribution in [3.8, 4) is 0 Å². The Kier molecular flexibility index (Phi) is 8.90. The molecule has 110 valence electrons. The van der Waals surface area contributed by atoms with E-state index < -0.39 is 0 Å². The summed E-state index contributed by atoms with van der Waals surface area (Å²) in [6, 6.07) is 0. The van der Waals surface area contributed by atoms with Crippen LogP contribution in [0.25, 0.3) is 0 Å². The van der Waals surface area contributed by atoms with Gasteiger partial charge in [-0.3, -0.25) is 9.79 Å². The summed E-state index contributed by atoms with van der Waals surface area (Å²) in [5.41, 5.74) is 5.47. The molecule has 1 atom stereocenters. The molecule has 1 saturated heterocycles. The van der Waals surface area contributed by atoms with Crippen molar-refractivity contribution >= 4 is 33.5 Å². The van der Waals surface area contributed by atoms with Gasteiger partial charge in [-0.15, -0.1) is 0 Å². The molecule has 19 heavy (non-hydrogen) atoms. The number of hydrogen-bond donors (Lipinski definition) is 3. The molecule has 1 aliphatic heterocycles. The zero-order chi connectivity index (χ0) is 13.9. The smallest absolute Gasteiger partial charge is 0.220 e. The summed E-state index contributed by atoms with van der Waals surface area (Å²) in [6.07, 6.45) is 5.34. The molecule has 1 fully saturated rings. The number of aliphatic imine (C=N–C) groups is 1. The van der Waals surface area contributed by atoms with Gasteiger partial charge >= 0.3 is 0 Å². The normalized spacial score (nSPS) is 19.4. The Morgan fingerprint density at radius 2 is 2.16 bits per heavy atom. The number of amides is 1. The molecule has 0 aromatic carbocycles. The third-order valence-corrected chi connectivity index (χ3v) is 5.91. The summed E-state index contributed by atoms with van der Waals surface area (Å²) >= 11 is 0. The minimum atomic E-state index is 0.127. The fraction of sp³-hybridized carbons (Fsp3) is 0.833. The van der Waals surface area contributed by atoms with Crippen molar-refractivity contribution in [2.75, 3.05) is 25.9 Å². The topological polar surface area (TPSA) is 79.5 Å². The predicted octanol–water partition coefficient (Wildman–Crippen LogP) is 1.35. The highest BCUT2D eigenvalue weighted by molar-refractivity contribution is 8.77. The average molecular weight is 304 g/mol. The molecule has 4 N–H and O–H groups in total. The van der Waals surface area contributed by atoms with Crippen LogP contribution in [0.5, 0.6) is 0 Å². The molecular weight excluding hydrogens is 280 g/mol. The number of nitrogens with zero attached hydrogens (tertiary/aromatic N) is 1. The summed E-state index contributed by atoms with van der Waals surface area (Å²) < 4.78 is 0. The summed E-state index contributed by atoms with van der Waals surface area (Å²) in [6.45, 7) is 1.20. The molecule has 5 nitrogen and oxygen atoms in total. The summed E-state index contributed by atoms with van der Waals surface area (Å²) in [4.78, 5) is 15.3. The minimum Gasteiger partial charge on any atom is -0.370 e. The fourth-order valence-corrected chi connectivity index (χ4v) is 4.81. The number of carbonyl (C=O) groups excluding carboxylic acids is 1. The Hall–Kier alpha value is -0.560. The first-order chi connectivity index (χ1) is 9.22. The molecule has 1 unspecified atom stereocenters. The van der Waals surface area contributed by atoms with Crippen LogP contribution in [0, 0.1) is 0 Å². The number of rotatable bonds is 8. The second-order valence-corrected chi connectivity index (χ2v) is 7.25. The molecule has 0 radical (unpaired) electrons. The monoisotopic (exact) mass is 304 g/mol. The molecule has 1 rings (SSSR count). The number of hydrogen-bond acceptors (Lipinski definition) is 4. The van der Waals surface area contributed by atoms with E-state index in [0.29, 0.717) is 25.5 Å². The van der Waals surface area contributed by atoms with Crippen LogP contribution >= 0.6 is 21.6 Å². The molecule has 0 spiro atoms. The maximum atomic E-state index is 11.5. The molecule has 0 aromatic rings. The molecule has 0 bridgehead atoms. The van der Waals surface area contributed by atoms with Crippen molar-refractivity contribution in [2.24, 2.45) is 10.7 Å². The van der Waals surface area contributed by atoms with Crippen LogP contribution in [0.2, 0.25) is 0 Å². The Morgan fingerprint density at radius 3 is 2.84 bits per heavy atom. The highest BCUT2D eigenvalue weighted by Gasteiger charge is 2.15. The standard InChI is InChI=1S/C12H24N4OS2/c1-14-12(13)16-8-7-15-11(17)5-3-2-4-10-6-9-18-19-10/h10H,2-9H2,1H3,(H,15,17)(H3,13,14,16). The Bertz CT molecular complexity index is 293. The quantitative estimate of drug-likeness (QED) is 0.273. The molecule has 0 saturated carbocycles. The maximum absolute atomic E-state index is 11.5. The highest BCUT2D eigenvalue weighted by Crippen LogP contribution is 2.39. The first kappa shape index (κ1) is 16.5. The minimum absolute atomic E-state index is 0.127. The third kappa shape index (κ3) is 8.26. The zero-order valence-electron chi connectivity index (χ0n) is 11.5. The summed E-state index contributed by atoms with van der Waals surface area (Å²) in [5, 5.41) is 6.58. The van der Waals surface area contributed by atoms with Gasteiger partial charge in [0.2, 0.25) is 5.91 Å². The van der Waals surface area contributed by atoms with E-state index in [1.807, 2.05) is 21.6 Å². The summed E-state index contributed by atoms with van der Waals surface area (Å²) in [5.74, 6) is 1.82. The van der Waals surface area contributed by atoms with E-state index in [2.05, 4.69) is 15.6 Å². The van der Waals surface area contributed by atoms with Crippen molar-refractivity contribution in [3.05, 3.63) is 0 Å². The molecule has 1 aliphatic rings. The lowest BCUT2D eigenvalue weighted by Crippen LogP contribution is -2.38. The highest BCUT2D eigenvalue weighted by atomic mass is 33.1. The number of nitrogens with one attached hydrogen (secondary N) is 2. The summed E-state index contributed by atoms with van der Waals surface area (Å²) in [7, 11) is 5.61. The van der Waals surface area contributed by atoms with Crippen LogP contribution in [0.4, 0.5) is 0 Å². The van der Waals surface area contributed by atoms with Gasteiger partial charge in [0.25, 0.3) is 0 Å². The number of nitrogens with two attached hydrogens (primary N) is 1. The van der Waals surface area contributed by atoms with Crippen LogP contribution in [-0.4, -0.2) is 43.0 Å². The largest absolute Gasteiger partial charge is 0.370 e. The lowest BCUT2D eigenvalue weighted by molar-refractivity contribution is -0.121. The van der Waals surface area contributed by atoms with Gasteiger partial charge < -0.3 is 16.4 Å². The maximum Gasteiger partial charge on any atom is 0.220 e. The van der Waals surface area contributed by atoms with Gasteiger partial charge in [-0.1, -0.05) is 28.0 Å². The van der Waals surface area contributed by atoms with E-state index in [0.717, 1.165) is 18.1 Å². The van der Waals surface area contributed by atoms with Crippen molar-refractivity contribution in [1.29, 1.82) is 0 Å². The molecule has 7 heteroatoms. The van der Waals surface area contributed by atoms with Gasteiger partial charge in [-0.25, -0.2) is 0 Å². The number of carbonyl (C=O) groups is 1. The van der Waals surface area contributed by atoms with E-state index >= 15 is 0 Å². The second kappa shape index (κ2) is 10.3. The van der Waals surface area contributed by atoms with Crippen LogP contribution in [0.15, 0.2) is 4.99 Å². The van der Waals surface area contributed by atoms with Crippen LogP contribution in [-0.2, 0) is 4.79 Å². The van der Waals surface area contributed by atoms with Gasteiger partial charge in [-0.05, 0) is 19.3 Å². The number of unbranched alkanes of at least 4 members (excludes halogenated alkanes) is 1. The lowest BCUT2D eigenvalue weighted by Gasteiger charge is -2.08. The van der Waals surface area contributed by atoms with E-state index in [9.17, 15) is 4.79 Å². The van der Waals surface area contributed by atoms with Crippen LogP contribution in [0.3, 0.4) is 0 Å². The van der Waals surface area contributed by atoms with Gasteiger partial charge in [0.1, 0.15) is 0 Å². The van der Waals surface area contributed by atoms with Gasteiger partial charge in [-0.2, -0.15) is 0 Å². The second-order valence-electron chi connectivity index (χ2n) is 4.46. The van der Waals surface area contributed by atoms with Gasteiger partial charge in [0.15, 0.2) is 5.96 Å². The first-order valence-corrected chi connectivity index (χ1v) is 9.11. The van der Waals surface area contributed by atoms with E-state index in [1.54, 1.807) is 7.05 Å². The molecule has 1 amide bonds. The SMILES string of the molecule is CN=C(N)NCCNC(=O)CCCCC1CCSS1. The Morgan fingerprint density at radius 1 is 1.37 bits per heavy atom. The van der Waals surface area contributed by atoms with Gasteiger partial charge in [0, 0.05) is 37.6 Å². The molecular formula is C12H24N4OS2.